The van der Waals surface area contributed by atoms with E-state index in [9.17, 15) is 13.6 Å². The molecule has 0 unspecified atom stereocenters. The molecule has 3 rings (SSSR count). The molecule has 0 radical (unpaired) electrons. The van der Waals surface area contributed by atoms with Gasteiger partial charge in [-0.1, -0.05) is 17.4 Å². The SMILES string of the molecule is CC(C)n1cc(NC(=O)c2nc(-c3c(F)cccc3F)sc2N)cn1. The Morgan fingerprint density at radius 2 is 2.00 bits per heavy atom. The lowest BCUT2D eigenvalue weighted by Crippen LogP contribution is -2.13. The first-order valence-corrected chi connectivity index (χ1v) is 8.24. The third kappa shape index (κ3) is 3.36. The monoisotopic (exact) mass is 363 g/mol. The number of nitrogen functional groups attached to an aromatic ring is 1. The molecule has 0 aliphatic heterocycles. The van der Waals surface area contributed by atoms with Gasteiger partial charge in [0.25, 0.3) is 5.91 Å². The van der Waals surface area contributed by atoms with Gasteiger partial charge in [-0.05, 0) is 26.0 Å². The molecule has 3 N–H and O–H groups in total. The molecule has 1 aromatic carbocycles. The Balaban J connectivity index is 1.88. The molecular formula is C16H15F2N5OS. The van der Waals surface area contributed by atoms with E-state index in [1.807, 2.05) is 13.8 Å². The van der Waals surface area contributed by atoms with E-state index >= 15 is 0 Å². The van der Waals surface area contributed by atoms with Crippen molar-refractivity contribution in [1.29, 1.82) is 0 Å². The van der Waals surface area contributed by atoms with Crippen LogP contribution in [0.25, 0.3) is 10.6 Å². The lowest BCUT2D eigenvalue weighted by atomic mass is 10.2. The van der Waals surface area contributed by atoms with Gasteiger partial charge in [0.2, 0.25) is 0 Å². The van der Waals surface area contributed by atoms with E-state index in [1.165, 1.54) is 12.3 Å². The summed E-state index contributed by atoms with van der Waals surface area (Å²) in [5, 5.41) is 6.82. The van der Waals surface area contributed by atoms with E-state index < -0.39 is 17.5 Å². The molecule has 9 heteroatoms. The number of rotatable bonds is 4. The van der Waals surface area contributed by atoms with Gasteiger partial charge >= 0.3 is 0 Å². The molecule has 0 atom stereocenters. The average Bonchev–Trinajstić information content (AvgIpc) is 3.14. The van der Waals surface area contributed by atoms with Crippen molar-refractivity contribution in [3.8, 4) is 10.6 Å². The summed E-state index contributed by atoms with van der Waals surface area (Å²) in [5.41, 5.74) is 5.91. The van der Waals surface area contributed by atoms with Crippen molar-refractivity contribution in [2.75, 3.05) is 11.1 Å². The van der Waals surface area contributed by atoms with Crippen LogP contribution in [-0.2, 0) is 0 Å². The summed E-state index contributed by atoms with van der Waals surface area (Å²) < 4.78 is 29.4. The summed E-state index contributed by atoms with van der Waals surface area (Å²) in [6.45, 7) is 3.90. The van der Waals surface area contributed by atoms with Crippen LogP contribution in [0.5, 0.6) is 0 Å². The Labute approximate surface area is 146 Å². The second kappa shape index (κ2) is 6.60. The number of hydrogen-bond donors (Lipinski definition) is 2. The van der Waals surface area contributed by atoms with Gasteiger partial charge < -0.3 is 11.1 Å². The maximum atomic E-state index is 13.9. The highest BCUT2D eigenvalue weighted by Gasteiger charge is 2.21. The molecule has 0 saturated carbocycles. The van der Waals surface area contributed by atoms with Crippen LogP contribution in [0.3, 0.4) is 0 Å². The summed E-state index contributed by atoms with van der Waals surface area (Å²) in [6.07, 6.45) is 3.17. The molecule has 130 valence electrons. The molecule has 0 aliphatic rings. The Morgan fingerprint density at radius 3 is 2.60 bits per heavy atom. The summed E-state index contributed by atoms with van der Waals surface area (Å²) in [7, 11) is 0. The van der Waals surface area contributed by atoms with Gasteiger partial charge in [-0.15, -0.1) is 0 Å². The number of thiazole rings is 1. The van der Waals surface area contributed by atoms with Crippen molar-refractivity contribution in [2.24, 2.45) is 0 Å². The van der Waals surface area contributed by atoms with Crippen LogP contribution in [0.15, 0.2) is 30.6 Å². The molecule has 0 saturated heterocycles. The fourth-order valence-corrected chi connectivity index (χ4v) is 3.06. The first kappa shape index (κ1) is 17.0. The third-order valence-corrected chi connectivity index (χ3v) is 4.34. The second-order valence-electron chi connectivity index (χ2n) is 5.59. The van der Waals surface area contributed by atoms with Crippen molar-refractivity contribution in [2.45, 2.75) is 19.9 Å². The highest BCUT2D eigenvalue weighted by molar-refractivity contribution is 7.19. The van der Waals surface area contributed by atoms with E-state index in [2.05, 4.69) is 15.4 Å². The number of halogens is 2. The number of anilines is 2. The quantitative estimate of drug-likeness (QED) is 0.740. The summed E-state index contributed by atoms with van der Waals surface area (Å²) in [6, 6.07) is 3.64. The third-order valence-electron chi connectivity index (χ3n) is 3.43. The van der Waals surface area contributed by atoms with Crippen LogP contribution in [-0.4, -0.2) is 20.7 Å². The van der Waals surface area contributed by atoms with Crippen LogP contribution in [0.4, 0.5) is 19.5 Å². The van der Waals surface area contributed by atoms with Gasteiger partial charge in [0.1, 0.15) is 21.6 Å². The van der Waals surface area contributed by atoms with Crippen molar-refractivity contribution < 1.29 is 13.6 Å². The smallest absolute Gasteiger partial charge is 0.277 e. The maximum Gasteiger partial charge on any atom is 0.277 e. The minimum atomic E-state index is -0.765. The number of aromatic nitrogens is 3. The van der Waals surface area contributed by atoms with Crippen molar-refractivity contribution in [3.63, 3.8) is 0 Å². The highest BCUT2D eigenvalue weighted by atomic mass is 32.1. The summed E-state index contributed by atoms with van der Waals surface area (Å²) in [5.74, 6) is -2.10. The number of benzene rings is 1. The molecule has 1 amide bonds. The van der Waals surface area contributed by atoms with Gasteiger partial charge in [0.15, 0.2) is 5.69 Å². The van der Waals surface area contributed by atoms with Gasteiger partial charge in [-0.2, -0.15) is 5.10 Å². The summed E-state index contributed by atoms with van der Waals surface area (Å²) >= 11 is 0.850. The number of nitrogens with one attached hydrogen (secondary N) is 1. The molecule has 0 fully saturated rings. The van der Waals surface area contributed by atoms with Crippen molar-refractivity contribution >= 4 is 27.9 Å². The highest BCUT2D eigenvalue weighted by Crippen LogP contribution is 2.33. The van der Waals surface area contributed by atoms with Crippen LogP contribution < -0.4 is 11.1 Å². The largest absolute Gasteiger partial charge is 0.389 e. The number of nitrogens with two attached hydrogens (primary N) is 1. The van der Waals surface area contributed by atoms with Gasteiger partial charge in [0.05, 0.1) is 17.4 Å². The van der Waals surface area contributed by atoms with E-state index in [0.717, 1.165) is 23.5 Å². The zero-order chi connectivity index (χ0) is 18.1. The van der Waals surface area contributed by atoms with Crippen LogP contribution in [0, 0.1) is 11.6 Å². The zero-order valence-corrected chi connectivity index (χ0v) is 14.3. The minimum Gasteiger partial charge on any atom is -0.389 e. The molecule has 2 heterocycles. The normalized spacial score (nSPS) is 11.1. The second-order valence-corrected chi connectivity index (χ2v) is 6.62. The fraction of sp³-hybridized carbons (Fsp3) is 0.188. The number of nitrogens with zero attached hydrogens (tertiary/aromatic N) is 3. The topological polar surface area (TPSA) is 85.8 Å². The minimum absolute atomic E-state index is 0.0103. The van der Waals surface area contributed by atoms with E-state index in [1.54, 1.807) is 10.9 Å². The Morgan fingerprint density at radius 1 is 1.32 bits per heavy atom. The number of carbonyl (C=O) groups is 1. The molecule has 6 nitrogen and oxygen atoms in total. The zero-order valence-electron chi connectivity index (χ0n) is 13.5. The van der Waals surface area contributed by atoms with Crippen molar-refractivity contribution in [1.82, 2.24) is 14.8 Å². The molecule has 0 bridgehead atoms. The maximum absolute atomic E-state index is 13.9. The lowest BCUT2D eigenvalue weighted by molar-refractivity contribution is 0.102. The standard InChI is InChI=1S/C16H15F2N5OS/c1-8(2)23-7-9(6-20-23)21-15(24)13-14(19)25-16(22-13)12-10(17)4-3-5-11(12)18/h3-8H,19H2,1-2H3,(H,21,24). The molecule has 0 spiro atoms. The van der Waals surface area contributed by atoms with Gasteiger partial charge in [-0.3, -0.25) is 9.48 Å². The summed E-state index contributed by atoms with van der Waals surface area (Å²) in [4.78, 5) is 16.4. The fourth-order valence-electron chi connectivity index (χ4n) is 2.18. The molecule has 2 aromatic heterocycles. The first-order valence-electron chi connectivity index (χ1n) is 7.43. The van der Waals surface area contributed by atoms with Gasteiger partial charge in [0, 0.05) is 12.2 Å². The Hall–Kier alpha value is -2.81. The van der Waals surface area contributed by atoms with Crippen LogP contribution >= 0.6 is 11.3 Å². The average molecular weight is 363 g/mol. The van der Waals surface area contributed by atoms with E-state index in [4.69, 9.17) is 5.73 Å². The number of carbonyl (C=O) groups excluding carboxylic acids is 1. The van der Waals surface area contributed by atoms with Gasteiger partial charge in [-0.25, -0.2) is 13.8 Å². The molecule has 3 aromatic rings. The van der Waals surface area contributed by atoms with Crippen LogP contribution in [0.1, 0.15) is 30.4 Å². The predicted molar refractivity (Wildman–Crippen MR) is 92.4 cm³/mol. The number of amides is 1. The van der Waals surface area contributed by atoms with E-state index in [-0.39, 0.29) is 27.3 Å². The van der Waals surface area contributed by atoms with Crippen LogP contribution in [0.2, 0.25) is 0 Å². The lowest BCUT2D eigenvalue weighted by Gasteiger charge is -2.03. The molecule has 25 heavy (non-hydrogen) atoms. The van der Waals surface area contributed by atoms with Crippen molar-refractivity contribution in [3.05, 3.63) is 47.9 Å². The predicted octanol–water partition coefficient (Wildman–Crippen LogP) is 3.70. The molecular weight excluding hydrogens is 348 g/mol. The van der Waals surface area contributed by atoms with E-state index in [0.29, 0.717) is 5.69 Å². The Bertz CT molecular complexity index is 914. The Kier molecular flexibility index (Phi) is 4.49. The molecule has 0 aliphatic carbocycles. The number of hydrogen-bond acceptors (Lipinski definition) is 5. The first-order chi connectivity index (χ1) is 11.9.